The maximum atomic E-state index is 7.21. The molecule has 0 atom stereocenters. The van der Waals surface area contributed by atoms with E-state index in [1.807, 2.05) is 49.5 Å². The van der Waals surface area contributed by atoms with Gasteiger partial charge in [-0.1, -0.05) is 53.6 Å². The minimum atomic E-state index is 0.196. The predicted molar refractivity (Wildman–Crippen MR) is 99.6 cm³/mol. The molecule has 2 aromatic carbocycles. The molecule has 24 heavy (non-hydrogen) atoms. The molecule has 0 amide bonds. The standard InChI is InChI=1S/C12H14N4.C7H7Cl/c13-12(14)6-10-3-1-9(2-4-10)5-11-7-15-8-16-11;1-6-2-4-7(8)5-3-6/h1-4,7-8H,5-6H2,(H3,13,14)(H,15,16);2-5H,1H3. The van der Waals surface area contributed by atoms with Crippen molar-refractivity contribution in [2.45, 2.75) is 19.8 Å². The molecule has 0 spiro atoms. The van der Waals surface area contributed by atoms with Gasteiger partial charge in [-0.05, 0) is 30.2 Å². The van der Waals surface area contributed by atoms with Crippen LogP contribution in [0.4, 0.5) is 0 Å². The highest BCUT2D eigenvalue weighted by molar-refractivity contribution is 6.30. The van der Waals surface area contributed by atoms with Crippen LogP contribution in [0.1, 0.15) is 22.4 Å². The van der Waals surface area contributed by atoms with Gasteiger partial charge in [-0.25, -0.2) is 4.98 Å². The maximum absolute atomic E-state index is 7.21. The number of aryl methyl sites for hydroxylation is 1. The highest BCUT2D eigenvalue weighted by atomic mass is 35.5. The van der Waals surface area contributed by atoms with E-state index in [4.69, 9.17) is 22.7 Å². The monoisotopic (exact) mass is 340 g/mol. The first-order valence-corrected chi connectivity index (χ1v) is 8.01. The predicted octanol–water partition coefficient (Wildman–Crippen LogP) is 4.13. The Morgan fingerprint density at radius 3 is 2.21 bits per heavy atom. The molecule has 0 aliphatic heterocycles. The van der Waals surface area contributed by atoms with Gasteiger partial charge in [-0.15, -0.1) is 0 Å². The van der Waals surface area contributed by atoms with Crippen LogP contribution in [0.5, 0.6) is 0 Å². The van der Waals surface area contributed by atoms with E-state index in [1.54, 1.807) is 6.33 Å². The zero-order valence-electron chi connectivity index (χ0n) is 13.6. The summed E-state index contributed by atoms with van der Waals surface area (Å²) in [7, 11) is 0. The molecule has 0 fully saturated rings. The van der Waals surface area contributed by atoms with E-state index in [2.05, 4.69) is 22.1 Å². The van der Waals surface area contributed by atoms with Crippen LogP contribution in [-0.2, 0) is 12.8 Å². The van der Waals surface area contributed by atoms with Crippen LogP contribution in [0.15, 0.2) is 61.1 Å². The lowest BCUT2D eigenvalue weighted by atomic mass is 10.1. The Bertz CT molecular complexity index is 726. The van der Waals surface area contributed by atoms with Crippen molar-refractivity contribution in [2.24, 2.45) is 5.73 Å². The number of imidazole rings is 1. The van der Waals surface area contributed by atoms with E-state index in [1.165, 1.54) is 11.1 Å². The molecule has 4 N–H and O–H groups in total. The molecule has 0 radical (unpaired) electrons. The average Bonchev–Trinajstić information content (AvgIpc) is 3.05. The minimum Gasteiger partial charge on any atom is -0.387 e. The summed E-state index contributed by atoms with van der Waals surface area (Å²) in [5.74, 6) is 0.196. The Morgan fingerprint density at radius 1 is 1.08 bits per heavy atom. The zero-order valence-corrected chi connectivity index (χ0v) is 14.3. The van der Waals surface area contributed by atoms with Gasteiger partial charge in [0.15, 0.2) is 0 Å². The fourth-order valence-corrected chi connectivity index (χ4v) is 2.26. The lowest BCUT2D eigenvalue weighted by molar-refractivity contribution is 1.10. The molecular weight excluding hydrogens is 320 g/mol. The van der Waals surface area contributed by atoms with Gasteiger partial charge in [0.05, 0.1) is 12.2 Å². The number of aromatic amines is 1. The molecule has 3 aromatic rings. The maximum Gasteiger partial charge on any atom is 0.0950 e. The van der Waals surface area contributed by atoms with Gasteiger partial charge in [0.25, 0.3) is 0 Å². The number of amidine groups is 1. The summed E-state index contributed by atoms with van der Waals surface area (Å²) in [5.41, 5.74) is 9.97. The largest absolute Gasteiger partial charge is 0.387 e. The Morgan fingerprint density at radius 2 is 1.71 bits per heavy atom. The molecule has 124 valence electrons. The van der Waals surface area contributed by atoms with Crippen molar-refractivity contribution in [3.05, 3.63) is 88.5 Å². The summed E-state index contributed by atoms with van der Waals surface area (Å²) in [6.45, 7) is 2.04. The third-order valence-electron chi connectivity index (χ3n) is 3.38. The van der Waals surface area contributed by atoms with Gasteiger partial charge in [-0.2, -0.15) is 0 Å². The number of nitrogens with one attached hydrogen (secondary N) is 2. The molecule has 3 rings (SSSR count). The molecule has 4 nitrogen and oxygen atoms in total. The van der Waals surface area contributed by atoms with Crippen molar-refractivity contribution in [1.29, 1.82) is 5.41 Å². The molecular formula is C19H21ClN4. The molecule has 0 unspecified atom stereocenters. The van der Waals surface area contributed by atoms with E-state index in [0.717, 1.165) is 22.7 Å². The third kappa shape index (κ3) is 6.26. The summed E-state index contributed by atoms with van der Waals surface area (Å²) in [4.78, 5) is 7.04. The van der Waals surface area contributed by atoms with Gasteiger partial charge in [-0.3, -0.25) is 5.41 Å². The number of H-pyrrole nitrogens is 1. The van der Waals surface area contributed by atoms with Crippen LogP contribution >= 0.6 is 11.6 Å². The second-order valence-corrected chi connectivity index (χ2v) is 6.00. The molecule has 0 saturated heterocycles. The van der Waals surface area contributed by atoms with Crippen LogP contribution in [0.25, 0.3) is 0 Å². The van der Waals surface area contributed by atoms with Crippen LogP contribution in [0.3, 0.4) is 0 Å². The van der Waals surface area contributed by atoms with Gasteiger partial charge in [0, 0.05) is 29.8 Å². The summed E-state index contributed by atoms with van der Waals surface area (Å²) in [6.07, 6.45) is 4.87. The third-order valence-corrected chi connectivity index (χ3v) is 3.63. The second kappa shape index (κ2) is 8.89. The number of hydrogen-bond acceptors (Lipinski definition) is 2. The number of hydrogen-bond donors (Lipinski definition) is 3. The first-order valence-electron chi connectivity index (χ1n) is 7.63. The van der Waals surface area contributed by atoms with Gasteiger partial charge < -0.3 is 10.7 Å². The van der Waals surface area contributed by atoms with E-state index < -0.39 is 0 Å². The highest BCUT2D eigenvalue weighted by Crippen LogP contribution is 2.09. The first kappa shape index (κ1) is 17.8. The van der Waals surface area contributed by atoms with Crippen LogP contribution in [-0.4, -0.2) is 15.8 Å². The number of halogens is 1. The van der Waals surface area contributed by atoms with Crippen molar-refractivity contribution >= 4 is 17.4 Å². The van der Waals surface area contributed by atoms with Crippen molar-refractivity contribution < 1.29 is 0 Å². The fraction of sp³-hybridized carbons (Fsp3) is 0.158. The molecule has 1 heterocycles. The highest BCUT2D eigenvalue weighted by Gasteiger charge is 1.99. The molecule has 1 aromatic heterocycles. The van der Waals surface area contributed by atoms with Crippen LogP contribution in [0.2, 0.25) is 5.02 Å². The summed E-state index contributed by atoms with van der Waals surface area (Å²) in [6, 6.07) is 15.9. The number of aromatic nitrogens is 2. The average molecular weight is 341 g/mol. The Kier molecular flexibility index (Phi) is 6.58. The fourth-order valence-electron chi connectivity index (χ4n) is 2.13. The Labute approximate surface area is 147 Å². The molecule has 0 aliphatic rings. The normalized spacial score (nSPS) is 9.92. The molecule has 0 aliphatic carbocycles. The molecule has 0 bridgehead atoms. The van der Waals surface area contributed by atoms with Crippen molar-refractivity contribution in [2.75, 3.05) is 0 Å². The quantitative estimate of drug-likeness (QED) is 0.493. The van der Waals surface area contributed by atoms with Gasteiger partial charge >= 0.3 is 0 Å². The van der Waals surface area contributed by atoms with E-state index in [9.17, 15) is 0 Å². The van der Waals surface area contributed by atoms with E-state index in [-0.39, 0.29) is 5.84 Å². The Hall–Kier alpha value is -2.59. The smallest absolute Gasteiger partial charge is 0.0950 e. The minimum absolute atomic E-state index is 0.196. The second-order valence-electron chi connectivity index (χ2n) is 5.57. The van der Waals surface area contributed by atoms with Gasteiger partial charge in [0.2, 0.25) is 0 Å². The topological polar surface area (TPSA) is 78.6 Å². The lowest BCUT2D eigenvalue weighted by Crippen LogP contribution is -2.12. The molecule has 5 heteroatoms. The van der Waals surface area contributed by atoms with Gasteiger partial charge in [0.1, 0.15) is 0 Å². The number of rotatable bonds is 4. The lowest BCUT2D eigenvalue weighted by Gasteiger charge is -2.02. The molecule has 0 saturated carbocycles. The number of nitrogens with zero attached hydrogens (tertiary/aromatic N) is 1. The summed E-state index contributed by atoms with van der Waals surface area (Å²) in [5, 5.41) is 8.01. The van der Waals surface area contributed by atoms with Crippen LogP contribution < -0.4 is 5.73 Å². The Balaban J connectivity index is 0.000000219. The number of nitrogens with two attached hydrogens (primary N) is 1. The number of benzene rings is 2. The van der Waals surface area contributed by atoms with Crippen molar-refractivity contribution in [3.63, 3.8) is 0 Å². The van der Waals surface area contributed by atoms with Crippen LogP contribution in [0, 0.1) is 12.3 Å². The van der Waals surface area contributed by atoms with Crippen molar-refractivity contribution in [1.82, 2.24) is 9.97 Å². The van der Waals surface area contributed by atoms with Crippen molar-refractivity contribution in [3.8, 4) is 0 Å². The SMILES string of the molecule is Cc1ccc(Cl)cc1.N=C(N)Cc1ccc(Cc2cnc[nH]2)cc1. The van der Waals surface area contributed by atoms with E-state index >= 15 is 0 Å². The zero-order chi connectivity index (χ0) is 17.4. The summed E-state index contributed by atoms with van der Waals surface area (Å²) >= 11 is 5.61. The summed E-state index contributed by atoms with van der Waals surface area (Å²) < 4.78 is 0. The first-order chi connectivity index (χ1) is 11.5. The van der Waals surface area contributed by atoms with E-state index in [0.29, 0.717) is 6.42 Å².